The van der Waals surface area contributed by atoms with Crippen LogP contribution in [0.2, 0.25) is 0 Å². The molecule has 2 aliphatic rings. The van der Waals surface area contributed by atoms with E-state index in [1.54, 1.807) is 12.0 Å². The standard InChI is InChI=1S/C15H15NO2S2/c1-18-12-5-3-2-4-11(12)8-13-14(17)16(15(19)20-13)9-10-6-7-10/h2-5,8,10H,6-7,9H2,1H3/b13-8-. The van der Waals surface area contributed by atoms with E-state index in [9.17, 15) is 4.79 Å². The van der Waals surface area contributed by atoms with Gasteiger partial charge < -0.3 is 4.74 Å². The zero-order chi connectivity index (χ0) is 14.1. The van der Waals surface area contributed by atoms with Crippen molar-refractivity contribution in [3.8, 4) is 5.75 Å². The molecule has 1 heterocycles. The lowest BCUT2D eigenvalue weighted by molar-refractivity contribution is -0.122. The van der Waals surface area contributed by atoms with Crippen molar-refractivity contribution < 1.29 is 9.53 Å². The number of thioether (sulfide) groups is 1. The van der Waals surface area contributed by atoms with Crippen molar-refractivity contribution in [1.82, 2.24) is 4.90 Å². The lowest BCUT2D eigenvalue weighted by atomic mass is 10.2. The van der Waals surface area contributed by atoms with E-state index in [-0.39, 0.29) is 5.91 Å². The van der Waals surface area contributed by atoms with Crippen LogP contribution in [0.25, 0.3) is 6.08 Å². The molecular formula is C15H15NO2S2. The van der Waals surface area contributed by atoms with E-state index >= 15 is 0 Å². The highest BCUT2D eigenvalue weighted by Gasteiger charge is 2.36. The number of hydrogen-bond acceptors (Lipinski definition) is 4. The second kappa shape index (κ2) is 5.58. The number of carbonyl (C=O) groups is 1. The molecule has 0 aromatic heterocycles. The Hall–Kier alpha value is -1.33. The second-order valence-corrected chi connectivity index (χ2v) is 6.65. The van der Waals surface area contributed by atoms with E-state index in [4.69, 9.17) is 17.0 Å². The van der Waals surface area contributed by atoms with E-state index in [2.05, 4.69) is 0 Å². The van der Waals surface area contributed by atoms with Crippen molar-refractivity contribution in [1.29, 1.82) is 0 Å². The maximum atomic E-state index is 12.4. The summed E-state index contributed by atoms with van der Waals surface area (Å²) in [4.78, 5) is 14.8. The molecular weight excluding hydrogens is 290 g/mol. The smallest absolute Gasteiger partial charge is 0.266 e. The first kappa shape index (κ1) is 13.6. The van der Waals surface area contributed by atoms with Gasteiger partial charge in [0.1, 0.15) is 10.1 Å². The molecule has 5 heteroatoms. The largest absolute Gasteiger partial charge is 0.496 e. The van der Waals surface area contributed by atoms with E-state index in [0.717, 1.165) is 17.9 Å². The number of methoxy groups -OCH3 is 1. The Labute approximate surface area is 128 Å². The third-order valence-electron chi connectivity index (χ3n) is 3.44. The summed E-state index contributed by atoms with van der Waals surface area (Å²) in [5, 5.41) is 0. The fourth-order valence-electron chi connectivity index (χ4n) is 2.14. The van der Waals surface area contributed by atoms with Crippen molar-refractivity contribution in [2.24, 2.45) is 5.92 Å². The topological polar surface area (TPSA) is 29.5 Å². The van der Waals surface area contributed by atoms with Crippen LogP contribution in [0.5, 0.6) is 5.75 Å². The predicted octanol–water partition coefficient (Wildman–Crippen LogP) is 3.31. The van der Waals surface area contributed by atoms with Gasteiger partial charge in [0.2, 0.25) is 0 Å². The average Bonchev–Trinajstić information content (AvgIpc) is 3.23. The summed E-state index contributed by atoms with van der Waals surface area (Å²) in [6, 6.07) is 7.66. The Morgan fingerprint density at radius 1 is 1.45 bits per heavy atom. The average molecular weight is 305 g/mol. The van der Waals surface area contributed by atoms with Gasteiger partial charge in [-0.15, -0.1) is 0 Å². The molecule has 2 fully saturated rings. The molecule has 0 N–H and O–H groups in total. The molecule has 1 aromatic carbocycles. The summed E-state index contributed by atoms with van der Waals surface area (Å²) < 4.78 is 5.98. The maximum Gasteiger partial charge on any atom is 0.266 e. The van der Waals surface area contributed by atoms with Gasteiger partial charge in [-0.05, 0) is 30.9 Å². The Kier molecular flexibility index (Phi) is 3.81. The zero-order valence-electron chi connectivity index (χ0n) is 11.2. The van der Waals surface area contributed by atoms with Crippen LogP contribution >= 0.6 is 24.0 Å². The second-order valence-electron chi connectivity index (χ2n) is 4.98. The molecule has 0 radical (unpaired) electrons. The first-order valence-corrected chi connectivity index (χ1v) is 7.80. The maximum absolute atomic E-state index is 12.4. The fourth-order valence-corrected chi connectivity index (χ4v) is 3.41. The van der Waals surface area contributed by atoms with Crippen molar-refractivity contribution in [2.45, 2.75) is 12.8 Å². The van der Waals surface area contributed by atoms with E-state index in [1.807, 2.05) is 30.3 Å². The number of benzene rings is 1. The Balaban J connectivity index is 1.84. The Bertz CT molecular complexity index is 593. The lowest BCUT2D eigenvalue weighted by Gasteiger charge is -2.13. The fraction of sp³-hybridized carbons (Fsp3) is 0.333. The summed E-state index contributed by atoms with van der Waals surface area (Å²) in [5.74, 6) is 1.43. The monoisotopic (exact) mass is 305 g/mol. The van der Waals surface area contributed by atoms with Crippen LogP contribution in [0.15, 0.2) is 29.2 Å². The molecule has 1 aromatic rings. The van der Waals surface area contributed by atoms with E-state index in [1.165, 1.54) is 24.6 Å². The van der Waals surface area contributed by atoms with Gasteiger partial charge in [0.15, 0.2) is 0 Å². The predicted molar refractivity (Wildman–Crippen MR) is 85.6 cm³/mol. The summed E-state index contributed by atoms with van der Waals surface area (Å²) in [5.41, 5.74) is 0.905. The van der Waals surface area contributed by atoms with Gasteiger partial charge >= 0.3 is 0 Å². The van der Waals surface area contributed by atoms with Crippen LogP contribution < -0.4 is 4.74 Å². The molecule has 1 saturated heterocycles. The van der Waals surface area contributed by atoms with Gasteiger partial charge in [0, 0.05) is 12.1 Å². The first-order chi connectivity index (χ1) is 9.69. The molecule has 3 rings (SSSR count). The van der Waals surface area contributed by atoms with E-state index in [0.29, 0.717) is 15.1 Å². The minimum atomic E-state index is 0.0257. The summed E-state index contributed by atoms with van der Waals surface area (Å²) in [6.45, 7) is 0.772. The van der Waals surface area contributed by atoms with Crippen LogP contribution in [-0.2, 0) is 4.79 Å². The van der Waals surface area contributed by atoms with Crippen LogP contribution in [0.1, 0.15) is 18.4 Å². The molecule has 3 nitrogen and oxygen atoms in total. The number of hydrogen-bond donors (Lipinski definition) is 0. The lowest BCUT2D eigenvalue weighted by Crippen LogP contribution is -2.30. The molecule has 0 bridgehead atoms. The summed E-state index contributed by atoms with van der Waals surface area (Å²) >= 11 is 6.69. The van der Waals surface area contributed by atoms with E-state index < -0.39 is 0 Å². The van der Waals surface area contributed by atoms with Crippen LogP contribution in [0, 0.1) is 5.92 Å². The van der Waals surface area contributed by atoms with Crippen molar-refractivity contribution >= 4 is 40.3 Å². The molecule has 20 heavy (non-hydrogen) atoms. The number of para-hydroxylation sites is 1. The minimum absolute atomic E-state index is 0.0257. The van der Waals surface area contributed by atoms with Crippen molar-refractivity contribution in [2.75, 3.05) is 13.7 Å². The third-order valence-corrected chi connectivity index (χ3v) is 4.81. The summed E-state index contributed by atoms with van der Waals surface area (Å²) in [7, 11) is 1.63. The molecule has 0 atom stereocenters. The Morgan fingerprint density at radius 3 is 2.90 bits per heavy atom. The highest BCUT2D eigenvalue weighted by Crippen LogP contribution is 2.38. The molecule has 1 amide bonds. The van der Waals surface area contributed by atoms with Gasteiger partial charge in [-0.25, -0.2) is 0 Å². The van der Waals surface area contributed by atoms with Crippen molar-refractivity contribution in [3.05, 3.63) is 34.7 Å². The van der Waals surface area contributed by atoms with Gasteiger partial charge in [-0.2, -0.15) is 0 Å². The molecule has 0 spiro atoms. The normalized spacial score (nSPS) is 20.9. The van der Waals surface area contributed by atoms with Gasteiger partial charge in [-0.1, -0.05) is 42.2 Å². The number of nitrogens with zero attached hydrogens (tertiary/aromatic N) is 1. The third kappa shape index (κ3) is 2.74. The van der Waals surface area contributed by atoms with Crippen LogP contribution in [0.3, 0.4) is 0 Å². The van der Waals surface area contributed by atoms with Crippen molar-refractivity contribution in [3.63, 3.8) is 0 Å². The van der Waals surface area contributed by atoms with Crippen LogP contribution in [0.4, 0.5) is 0 Å². The van der Waals surface area contributed by atoms with Gasteiger partial charge in [0.05, 0.1) is 12.0 Å². The highest BCUT2D eigenvalue weighted by molar-refractivity contribution is 8.26. The SMILES string of the molecule is COc1ccccc1/C=C1\SC(=S)N(CC2CC2)C1=O. The quantitative estimate of drug-likeness (QED) is 0.630. The number of ether oxygens (including phenoxy) is 1. The van der Waals surface area contributed by atoms with Gasteiger partial charge in [-0.3, -0.25) is 9.69 Å². The summed E-state index contributed by atoms with van der Waals surface area (Å²) in [6.07, 6.45) is 4.29. The molecule has 1 aliphatic carbocycles. The first-order valence-electron chi connectivity index (χ1n) is 6.57. The number of amides is 1. The molecule has 0 unspecified atom stereocenters. The number of thiocarbonyl (C=S) groups is 1. The highest BCUT2D eigenvalue weighted by atomic mass is 32.2. The zero-order valence-corrected chi connectivity index (χ0v) is 12.8. The van der Waals surface area contributed by atoms with Gasteiger partial charge in [0.25, 0.3) is 5.91 Å². The number of rotatable bonds is 4. The number of carbonyl (C=O) groups excluding carboxylic acids is 1. The Morgan fingerprint density at radius 2 is 2.20 bits per heavy atom. The molecule has 104 valence electrons. The molecule has 1 saturated carbocycles. The van der Waals surface area contributed by atoms with Crippen LogP contribution in [-0.4, -0.2) is 28.8 Å². The molecule has 1 aliphatic heterocycles. The minimum Gasteiger partial charge on any atom is -0.496 e.